The minimum atomic E-state index is -0.307. The van der Waals surface area contributed by atoms with Crippen LogP contribution in [0.1, 0.15) is 19.8 Å². The summed E-state index contributed by atoms with van der Waals surface area (Å²) in [7, 11) is 1.74. The van der Waals surface area contributed by atoms with Gasteiger partial charge in [0.15, 0.2) is 0 Å². The SMILES string of the molecule is CCC(O)CCNc1nc(NC)nc(-n2cccn2)n1. The number of aliphatic hydroxyl groups excluding tert-OH is 1. The lowest BCUT2D eigenvalue weighted by Gasteiger charge is -2.10. The lowest BCUT2D eigenvalue weighted by Crippen LogP contribution is -2.15. The van der Waals surface area contributed by atoms with Crippen LogP contribution in [-0.4, -0.2) is 49.5 Å². The molecule has 0 aromatic carbocycles. The largest absolute Gasteiger partial charge is 0.393 e. The van der Waals surface area contributed by atoms with E-state index >= 15 is 0 Å². The Kier molecular flexibility index (Phi) is 4.83. The van der Waals surface area contributed by atoms with Crippen molar-refractivity contribution in [3.63, 3.8) is 0 Å². The van der Waals surface area contributed by atoms with Crippen molar-refractivity contribution in [1.82, 2.24) is 24.7 Å². The minimum absolute atomic E-state index is 0.307. The second-order valence-corrected chi connectivity index (χ2v) is 4.26. The molecule has 3 N–H and O–H groups in total. The van der Waals surface area contributed by atoms with Crippen LogP contribution in [0.2, 0.25) is 0 Å². The third-order valence-electron chi connectivity index (χ3n) is 2.79. The van der Waals surface area contributed by atoms with Gasteiger partial charge in [0.1, 0.15) is 0 Å². The first kappa shape index (κ1) is 14.2. The maximum atomic E-state index is 9.52. The molecule has 0 aliphatic rings. The Hall–Kier alpha value is -2.22. The van der Waals surface area contributed by atoms with Gasteiger partial charge in [0.2, 0.25) is 11.9 Å². The quantitative estimate of drug-likeness (QED) is 0.683. The molecule has 0 aliphatic heterocycles. The summed E-state index contributed by atoms with van der Waals surface area (Å²) in [4.78, 5) is 12.7. The molecule has 0 spiro atoms. The van der Waals surface area contributed by atoms with E-state index in [0.29, 0.717) is 30.8 Å². The van der Waals surface area contributed by atoms with E-state index < -0.39 is 0 Å². The van der Waals surface area contributed by atoms with Crippen molar-refractivity contribution in [3.05, 3.63) is 18.5 Å². The van der Waals surface area contributed by atoms with Crippen LogP contribution < -0.4 is 10.6 Å². The van der Waals surface area contributed by atoms with E-state index in [0.717, 1.165) is 6.42 Å². The van der Waals surface area contributed by atoms with Gasteiger partial charge in [-0.1, -0.05) is 6.92 Å². The Morgan fingerprint density at radius 2 is 2.10 bits per heavy atom. The Bertz CT molecular complexity index is 529. The third-order valence-corrected chi connectivity index (χ3v) is 2.79. The first-order valence-corrected chi connectivity index (χ1v) is 6.58. The van der Waals surface area contributed by atoms with Gasteiger partial charge >= 0.3 is 0 Å². The molecule has 1 unspecified atom stereocenters. The molecule has 2 rings (SSSR count). The van der Waals surface area contributed by atoms with Gasteiger partial charge < -0.3 is 15.7 Å². The van der Waals surface area contributed by atoms with Crippen LogP contribution in [-0.2, 0) is 0 Å². The van der Waals surface area contributed by atoms with Crippen molar-refractivity contribution in [1.29, 1.82) is 0 Å². The maximum absolute atomic E-state index is 9.52. The highest BCUT2D eigenvalue weighted by atomic mass is 16.3. The van der Waals surface area contributed by atoms with Crippen LogP contribution in [0.4, 0.5) is 11.9 Å². The standard InChI is InChI=1S/C12H19N7O/c1-3-9(20)5-7-14-11-16-10(13-2)17-12(18-11)19-8-4-6-15-19/h4,6,8-9,20H,3,5,7H2,1-2H3,(H2,13,14,16,17,18). The number of nitrogens with zero attached hydrogens (tertiary/aromatic N) is 5. The van der Waals surface area contributed by atoms with E-state index in [1.807, 2.05) is 6.92 Å². The Balaban J connectivity index is 2.10. The van der Waals surface area contributed by atoms with Crippen LogP contribution in [0.15, 0.2) is 18.5 Å². The zero-order valence-corrected chi connectivity index (χ0v) is 11.6. The third kappa shape index (κ3) is 3.64. The zero-order chi connectivity index (χ0) is 14.4. The Morgan fingerprint density at radius 1 is 1.30 bits per heavy atom. The molecule has 2 aromatic rings. The van der Waals surface area contributed by atoms with Crippen molar-refractivity contribution in [3.8, 4) is 5.95 Å². The topological polar surface area (TPSA) is 101 Å². The first-order chi connectivity index (χ1) is 9.72. The second kappa shape index (κ2) is 6.80. The summed E-state index contributed by atoms with van der Waals surface area (Å²) in [6, 6.07) is 1.80. The number of aliphatic hydroxyl groups is 1. The molecule has 2 aromatic heterocycles. The summed E-state index contributed by atoms with van der Waals surface area (Å²) in [5.74, 6) is 1.36. The molecule has 0 aliphatic carbocycles. The number of hydrogen-bond donors (Lipinski definition) is 3. The van der Waals surface area contributed by atoms with Crippen LogP contribution in [0.3, 0.4) is 0 Å². The number of nitrogens with one attached hydrogen (secondary N) is 2. The lowest BCUT2D eigenvalue weighted by molar-refractivity contribution is 0.164. The molecule has 108 valence electrons. The molecule has 8 heteroatoms. The predicted molar refractivity (Wildman–Crippen MR) is 75.9 cm³/mol. The number of anilines is 2. The molecule has 0 saturated carbocycles. The fraction of sp³-hybridized carbons (Fsp3) is 0.500. The van der Waals surface area contributed by atoms with Crippen molar-refractivity contribution in [2.45, 2.75) is 25.9 Å². The first-order valence-electron chi connectivity index (χ1n) is 6.58. The molecule has 0 saturated heterocycles. The average Bonchev–Trinajstić information content (AvgIpc) is 3.01. The Morgan fingerprint density at radius 3 is 2.75 bits per heavy atom. The van der Waals surface area contributed by atoms with E-state index in [9.17, 15) is 5.11 Å². The summed E-state index contributed by atoms with van der Waals surface area (Å²) >= 11 is 0. The highest BCUT2D eigenvalue weighted by molar-refractivity contribution is 5.37. The normalized spacial score (nSPS) is 12.2. The van der Waals surface area contributed by atoms with Gasteiger partial charge in [-0.2, -0.15) is 20.1 Å². The molecular weight excluding hydrogens is 258 g/mol. The molecule has 0 radical (unpaired) electrons. The number of aromatic nitrogens is 5. The smallest absolute Gasteiger partial charge is 0.257 e. The highest BCUT2D eigenvalue weighted by Crippen LogP contribution is 2.08. The van der Waals surface area contributed by atoms with E-state index in [4.69, 9.17) is 0 Å². The predicted octanol–water partition coefficient (Wildman–Crippen LogP) is 0.672. The van der Waals surface area contributed by atoms with Gasteiger partial charge in [-0.3, -0.25) is 0 Å². The molecule has 8 nitrogen and oxygen atoms in total. The van der Waals surface area contributed by atoms with Crippen molar-refractivity contribution < 1.29 is 5.11 Å². The van der Waals surface area contributed by atoms with Crippen LogP contribution in [0, 0.1) is 0 Å². The molecule has 0 fully saturated rings. The lowest BCUT2D eigenvalue weighted by atomic mass is 10.2. The zero-order valence-electron chi connectivity index (χ0n) is 11.6. The van der Waals surface area contributed by atoms with Crippen molar-refractivity contribution >= 4 is 11.9 Å². The molecule has 0 amide bonds. The average molecular weight is 277 g/mol. The fourth-order valence-corrected chi connectivity index (χ4v) is 1.60. The van der Waals surface area contributed by atoms with Crippen LogP contribution >= 0.6 is 0 Å². The highest BCUT2D eigenvalue weighted by Gasteiger charge is 2.08. The van der Waals surface area contributed by atoms with Gasteiger partial charge in [0.25, 0.3) is 5.95 Å². The van der Waals surface area contributed by atoms with Crippen LogP contribution in [0.25, 0.3) is 5.95 Å². The molecule has 0 bridgehead atoms. The summed E-state index contributed by atoms with van der Waals surface area (Å²) < 4.78 is 1.56. The second-order valence-electron chi connectivity index (χ2n) is 4.26. The van der Waals surface area contributed by atoms with E-state index in [1.165, 1.54) is 0 Å². The monoisotopic (exact) mass is 277 g/mol. The summed E-state index contributed by atoms with van der Waals surface area (Å²) in [6.07, 6.45) is 4.50. The van der Waals surface area contributed by atoms with Crippen LogP contribution in [0.5, 0.6) is 0 Å². The maximum Gasteiger partial charge on any atom is 0.257 e. The van der Waals surface area contributed by atoms with Gasteiger partial charge in [0, 0.05) is 26.0 Å². The van der Waals surface area contributed by atoms with Crippen molar-refractivity contribution in [2.24, 2.45) is 0 Å². The summed E-state index contributed by atoms with van der Waals surface area (Å²) in [5, 5.41) is 19.6. The minimum Gasteiger partial charge on any atom is -0.393 e. The fourth-order valence-electron chi connectivity index (χ4n) is 1.60. The summed E-state index contributed by atoms with van der Waals surface area (Å²) in [5.41, 5.74) is 0. The van der Waals surface area contributed by atoms with Crippen molar-refractivity contribution in [2.75, 3.05) is 24.2 Å². The molecular formula is C12H19N7O. The van der Waals surface area contributed by atoms with E-state index in [2.05, 4.69) is 30.7 Å². The van der Waals surface area contributed by atoms with E-state index in [1.54, 1.807) is 30.2 Å². The Labute approximate surface area is 117 Å². The van der Waals surface area contributed by atoms with Gasteiger partial charge in [-0.15, -0.1) is 0 Å². The molecule has 2 heterocycles. The molecule has 20 heavy (non-hydrogen) atoms. The van der Waals surface area contributed by atoms with E-state index in [-0.39, 0.29) is 6.10 Å². The van der Waals surface area contributed by atoms with Gasteiger partial charge in [-0.05, 0) is 18.9 Å². The van der Waals surface area contributed by atoms with Gasteiger partial charge in [0.05, 0.1) is 6.10 Å². The summed E-state index contributed by atoms with van der Waals surface area (Å²) in [6.45, 7) is 2.54. The molecule has 1 atom stereocenters. The number of hydrogen-bond acceptors (Lipinski definition) is 7. The van der Waals surface area contributed by atoms with Gasteiger partial charge in [-0.25, -0.2) is 4.68 Å². The number of rotatable bonds is 7.